The molecule has 2 aliphatic rings. The predicted molar refractivity (Wildman–Crippen MR) is 64.7 cm³/mol. The Bertz CT molecular complexity index is 235. The van der Waals surface area contributed by atoms with Crippen molar-refractivity contribution in [1.82, 2.24) is 5.32 Å². The average Bonchev–Trinajstić information content (AvgIpc) is 3.19. The van der Waals surface area contributed by atoms with Gasteiger partial charge in [-0.25, -0.2) is 0 Å². The van der Waals surface area contributed by atoms with E-state index in [0.717, 1.165) is 65.1 Å². The summed E-state index contributed by atoms with van der Waals surface area (Å²) in [7, 11) is 0. The fourth-order valence-corrected chi connectivity index (χ4v) is 2.04. The summed E-state index contributed by atoms with van der Waals surface area (Å²) in [5, 5.41) is 2.94. The summed E-state index contributed by atoms with van der Waals surface area (Å²) in [6.07, 6.45) is 5.32. The minimum absolute atomic E-state index is 0.231. The van der Waals surface area contributed by atoms with Crippen molar-refractivity contribution in [3.8, 4) is 0 Å². The van der Waals surface area contributed by atoms with Gasteiger partial charge in [0.1, 0.15) is 0 Å². The molecule has 0 unspecified atom stereocenters. The third kappa shape index (κ3) is 5.04. The lowest BCUT2D eigenvalue weighted by Gasteiger charge is -2.21. The molecule has 1 saturated heterocycles. The number of amides is 1. The molecule has 4 nitrogen and oxygen atoms in total. The molecule has 0 radical (unpaired) electrons. The molecule has 0 aromatic rings. The first-order valence-corrected chi connectivity index (χ1v) is 6.79. The Kier molecular flexibility index (Phi) is 5.26. The van der Waals surface area contributed by atoms with Gasteiger partial charge in [0, 0.05) is 38.9 Å². The Hall–Kier alpha value is -0.610. The Morgan fingerprint density at radius 1 is 1.24 bits per heavy atom. The Labute approximate surface area is 103 Å². The number of ether oxygens (including phenoxy) is 2. The molecule has 0 aromatic heterocycles. The molecule has 1 heterocycles. The second kappa shape index (κ2) is 6.97. The van der Waals surface area contributed by atoms with Crippen molar-refractivity contribution in [2.45, 2.75) is 32.1 Å². The minimum atomic E-state index is 0.231. The van der Waals surface area contributed by atoms with Crippen molar-refractivity contribution in [2.24, 2.45) is 11.8 Å². The highest BCUT2D eigenvalue weighted by Gasteiger charge is 2.28. The van der Waals surface area contributed by atoms with E-state index in [4.69, 9.17) is 9.47 Å². The van der Waals surface area contributed by atoms with Crippen LogP contribution in [0.4, 0.5) is 0 Å². The van der Waals surface area contributed by atoms with Gasteiger partial charge in [-0.3, -0.25) is 4.79 Å². The third-order valence-corrected chi connectivity index (χ3v) is 3.41. The average molecular weight is 241 g/mol. The molecule has 0 bridgehead atoms. The van der Waals surface area contributed by atoms with Crippen molar-refractivity contribution < 1.29 is 14.3 Å². The zero-order chi connectivity index (χ0) is 11.9. The molecular weight excluding hydrogens is 218 g/mol. The molecule has 1 aliphatic carbocycles. The van der Waals surface area contributed by atoms with Gasteiger partial charge in [-0.2, -0.15) is 0 Å². The zero-order valence-electron chi connectivity index (χ0n) is 10.5. The van der Waals surface area contributed by atoms with Gasteiger partial charge in [-0.15, -0.1) is 0 Å². The van der Waals surface area contributed by atoms with E-state index in [1.807, 2.05) is 0 Å². The van der Waals surface area contributed by atoms with Gasteiger partial charge in [-0.1, -0.05) is 0 Å². The van der Waals surface area contributed by atoms with E-state index in [0.29, 0.717) is 11.8 Å². The summed E-state index contributed by atoms with van der Waals surface area (Å²) in [5.41, 5.74) is 0. The van der Waals surface area contributed by atoms with Crippen molar-refractivity contribution in [1.29, 1.82) is 0 Å². The highest BCUT2D eigenvalue weighted by atomic mass is 16.5. The number of hydrogen-bond acceptors (Lipinski definition) is 3. The normalized spacial score (nSPS) is 21.4. The number of hydrogen-bond donors (Lipinski definition) is 1. The van der Waals surface area contributed by atoms with Gasteiger partial charge in [0.05, 0.1) is 0 Å². The number of rotatable bonds is 7. The van der Waals surface area contributed by atoms with Crippen molar-refractivity contribution in [3.63, 3.8) is 0 Å². The quantitative estimate of drug-likeness (QED) is 0.684. The zero-order valence-corrected chi connectivity index (χ0v) is 10.5. The molecule has 0 aromatic carbocycles. The first kappa shape index (κ1) is 12.8. The van der Waals surface area contributed by atoms with Gasteiger partial charge >= 0.3 is 0 Å². The molecule has 98 valence electrons. The first-order chi connectivity index (χ1) is 8.36. The largest absolute Gasteiger partial charge is 0.381 e. The first-order valence-electron chi connectivity index (χ1n) is 6.79. The van der Waals surface area contributed by atoms with E-state index < -0.39 is 0 Å². The Balaban J connectivity index is 1.39. The standard InChI is InChI=1S/C13H23NO3/c15-13(12-2-3-12)14-6-1-7-17-10-11-4-8-16-9-5-11/h11-12H,1-10H2,(H,14,15). The van der Waals surface area contributed by atoms with Crippen LogP contribution >= 0.6 is 0 Å². The maximum Gasteiger partial charge on any atom is 0.223 e. The van der Waals surface area contributed by atoms with Crippen LogP contribution in [0.2, 0.25) is 0 Å². The van der Waals surface area contributed by atoms with Crippen LogP contribution in [0, 0.1) is 11.8 Å². The lowest BCUT2D eigenvalue weighted by Crippen LogP contribution is -2.27. The maximum atomic E-state index is 11.3. The Morgan fingerprint density at radius 3 is 2.71 bits per heavy atom. The molecular formula is C13H23NO3. The topological polar surface area (TPSA) is 47.6 Å². The molecule has 1 saturated carbocycles. The summed E-state index contributed by atoms with van der Waals surface area (Å²) in [5.74, 6) is 1.22. The molecule has 2 rings (SSSR count). The van der Waals surface area contributed by atoms with Crippen LogP contribution in [0.1, 0.15) is 32.1 Å². The highest BCUT2D eigenvalue weighted by molar-refractivity contribution is 5.80. The van der Waals surface area contributed by atoms with Gasteiger partial charge in [-0.05, 0) is 38.0 Å². The van der Waals surface area contributed by atoms with E-state index in [9.17, 15) is 4.79 Å². The fraction of sp³-hybridized carbons (Fsp3) is 0.923. The molecule has 1 amide bonds. The van der Waals surface area contributed by atoms with Crippen LogP contribution in [0.5, 0.6) is 0 Å². The highest BCUT2D eigenvalue weighted by Crippen LogP contribution is 2.28. The molecule has 4 heteroatoms. The molecule has 1 N–H and O–H groups in total. The van der Waals surface area contributed by atoms with E-state index in [-0.39, 0.29) is 5.91 Å². The van der Waals surface area contributed by atoms with Gasteiger partial charge in [0.15, 0.2) is 0 Å². The third-order valence-electron chi connectivity index (χ3n) is 3.41. The summed E-state index contributed by atoms with van der Waals surface area (Å²) in [6.45, 7) is 4.11. The SMILES string of the molecule is O=C(NCCCOCC1CCOCC1)C1CC1. The summed E-state index contributed by atoms with van der Waals surface area (Å²) in [4.78, 5) is 11.3. The number of nitrogens with one attached hydrogen (secondary N) is 1. The van der Waals surface area contributed by atoms with E-state index in [1.165, 1.54) is 0 Å². The van der Waals surface area contributed by atoms with E-state index in [2.05, 4.69) is 5.32 Å². The van der Waals surface area contributed by atoms with Crippen molar-refractivity contribution >= 4 is 5.91 Å². The molecule has 0 atom stereocenters. The van der Waals surface area contributed by atoms with Crippen LogP contribution in [0.3, 0.4) is 0 Å². The van der Waals surface area contributed by atoms with E-state index in [1.54, 1.807) is 0 Å². The van der Waals surface area contributed by atoms with Crippen LogP contribution in [-0.4, -0.2) is 38.9 Å². The van der Waals surface area contributed by atoms with Crippen molar-refractivity contribution in [2.75, 3.05) is 33.0 Å². The van der Waals surface area contributed by atoms with Crippen LogP contribution in [0.15, 0.2) is 0 Å². The van der Waals surface area contributed by atoms with Crippen LogP contribution in [-0.2, 0) is 14.3 Å². The lowest BCUT2D eigenvalue weighted by molar-refractivity contribution is -0.122. The number of carbonyl (C=O) groups excluding carboxylic acids is 1. The van der Waals surface area contributed by atoms with Crippen LogP contribution < -0.4 is 5.32 Å². The Morgan fingerprint density at radius 2 is 2.00 bits per heavy atom. The van der Waals surface area contributed by atoms with Gasteiger partial charge in [0.2, 0.25) is 5.91 Å². The number of carbonyl (C=O) groups is 1. The second-order valence-corrected chi connectivity index (χ2v) is 5.05. The second-order valence-electron chi connectivity index (χ2n) is 5.05. The predicted octanol–water partition coefficient (Wildman–Crippen LogP) is 1.35. The van der Waals surface area contributed by atoms with E-state index >= 15 is 0 Å². The molecule has 1 aliphatic heterocycles. The summed E-state index contributed by atoms with van der Waals surface area (Å²) < 4.78 is 10.9. The maximum absolute atomic E-state index is 11.3. The van der Waals surface area contributed by atoms with Crippen molar-refractivity contribution in [3.05, 3.63) is 0 Å². The molecule has 17 heavy (non-hydrogen) atoms. The summed E-state index contributed by atoms with van der Waals surface area (Å²) in [6, 6.07) is 0. The molecule has 0 spiro atoms. The smallest absolute Gasteiger partial charge is 0.223 e. The van der Waals surface area contributed by atoms with Crippen LogP contribution in [0.25, 0.3) is 0 Å². The van der Waals surface area contributed by atoms with Gasteiger partial charge in [0.25, 0.3) is 0 Å². The summed E-state index contributed by atoms with van der Waals surface area (Å²) >= 11 is 0. The molecule has 2 fully saturated rings. The fourth-order valence-electron chi connectivity index (χ4n) is 2.04. The minimum Gasteiger partial charge on any atom is -0.381 e. The monoisotopic (exact) mass is 241 g/mol. The lowest BCUT2D eigenvalue weighted by atomic mass is 10.0. The van der Waals surface area contributed by atoms with Gasteiger partial charge < -0.3 is 14.8 Å².